The minimum absolute atomic E-state index is 0. The molecule has 3 N–H and O–H groups in total. The molecule has 0 radical (unpaired) electrons. The largest absolute Gasteiger partial charge is 0.380 e. The molecule has 7 heteroatoms. The number of piperidine rings is 1. The Bertz CT molecular complexity index is 326. The fraction of sp³-hybridized carbons (Fsp3) is 0.846. The van der Waals surface area contributed by atoms with Crippen molar-refractivity contribution in [2.45, 2.75) is 38.8 Å². The van der Waals surface area contributed by atoms with Gasteiger partial charge in [0.05, 0.1) is 18.7 Å². The van der Waals surface area contributed by atoms with Crippen molar-refractivity contribution in [3.63, 3.8) is 0 Å². The predicted molar refractivity (Wildman–Crippen MR) is 79.7 cm³/mol. The molecule has 1 rings (SSSR count). The Hall–Kier alpha value is -0.850. The van der Waals surface area contributed by atoms with Crippen LogP contribution >= 0.6 is 12.4 Å². The van der Waals surface area contributed by atoms with Crippen LogP contribution in [0, 0.1) is 5.92 Å². The van der Waals surface area contributed by atoms with Gasteiger partial charge in [-0.3, -0.25) is 9.59 Å². The molecule has 2 amide bonds. The van der Waals surface area contributed by atoms with Crippen molar-refractivity contribution in [2.24, 2.45) is 11.7 Å². The third-order valence-electron chi connectivity index (χ3n) is 3.50. The first-order valence-electron chi connectivity index (χ1n) is 6.79. The van der Waals surface area contributed by atoms with Crippen LogP contribution in [0.5, 0.6) is 0 Å². The van der Waals surface area contributed by atoms with Gasteiger partial charge >= 0.3 is 0 Å². The molecule has 0 aromatic carbocycles. The highest BCUT2D eigenvalue weighted by molar-refractivity contribution is 5.87. The fourth-order valence-electron chi connectivity index (χ4n) is 2.05. The molecule has 0 saturated carbocycles. The van der Waals surface area contributed by atoms with Crippen LogP contribution in [0.25, 0.3) is 0 Å². The van der Waals surface area contributed by atoms with E-state index in [4.69, 9.17) is 10.5 Å². The van der Waals surface area contributed by atoms with Crippen molar-refractivity contribution in [2.75, 3.05) is 26.7 Å². The lowest BCUT2D eigenvalue weighted by Crippen LogP contribution is -2.50. The van der Waals surface area contributed by atoms with Crippen molar-refractivity contribution < 1.29 is 14.3 Å². The first kappa shape index (κ1) is 19.1. The quantitative estimate of drug-likeness (QED) is 0.757. The molecule has 0 spiro atoms. The van der Waals surface area contributed by atoms with Crippen LogP contribution in [-0.4, -0.2) is 55.6 Å². The molecule has 0 aromatic heterocycles. The van der Waals surface area contributed by atoms with Gasteiger partial charge in [-0.25, -0.2) is 0 Å². The van der Waals surface area contributed by atoms with Crippen LogP contribution in [-0.2, 0) is 14.3 Å². The zero-order valence-electron chi connectivity index (χ0n) is 12.4. The van der Waals surface area contributed by atoms with Crippen LogP contribution in [0.4, 0.5) is 0 Å². The van der Waals surface area contributed by atoms with Gasteiger partial charge < -0.3 is 20.7 Å². The number of ether oxygens (including phenoxy) is 1. The molecular formula is C13H26ClN3O3. The molecule has 118 valence electrons. The topological polar surface area (TPSA) is 84.7 Å². The second kappa shape index (κ2) is 9.15. The van der Waals surface area contributed by atoms with E-state index in [2.05, 4.69) is 5.32 Å². The first-order chi connectivity index (χ1) is 8.95. The van der Waals surface area contributed by atoms with Gasteiger partial charge in [-0.15, -0.1) is 12.4 Å². The smallest absolute Gasteiger partial charge is 0.242 e. The van der Waals surface area contributed by atoms with Gasteiger partial charge in [0.25, 0.3) is 0 Å². The number of nitrogens with one attached hydrogen (secondary N) is 1. The molecule has 1 aliphatic rings. The van der Waals surface area contributed by atoms with E-state index in [-0.39, 0.29) is 42.8 Å². The summed E-state index contributed by atoms with van der Waals surface area (Å²) in [4.78, 5) is 25.4. The molecule has 0 aliphatic carbocycles. The molecule has 6 nitrogen and oxygen atoms in total. The number of halogens is 1. The predicted octanol–water partition coefficient (Wildman–Crippen LogP) is 0.145. The number of nitrogens with zero attached hydrogens (tertiary/aromatic N) is 1. The van der Waals surface area contributed by atoms with Crippen molar-refractivity contribution in [1.82, 2.24) is 10.2 Å². The van der Waals surface area contributed by atoms with Crippen LogP contribution in [0.1, 0.15) is 26.7 Å². The van der Waals surface area contributed by atoms with E-state index in [1.165, 1.54) is 0 Å². The standard InChI is InChI=1S/C13H25N3O3.ClH/c1-9(2)12(14)13(18)15-7-11(17)16-6-4-5-10(8-16)19-3;/h9-10,12H,4-8,14H2,1-3H3,(H,15,18);1H/t10?,12-;/m0./s1. The van der Waals surface area contributed by atoms with Crippen molar-refractivity contribution in [1.29, 1.82) is 0 Å². The molecule has 0 aromatic rings. The van der Waals surface area contributed by atoms with E-state index in [1.807, 2.05) is 13.8 Å². The Kier molecular flexibility index (Phi) is 8.76. The summed E-state index contributed by atoms with van der Waals surface area (Å²) >= 11 is 0. The van der Waals surface area contributed by atoms with E-state index >= 15 is 0 Å². The maximum absolute atomic E-state index is 12.0. The molecule has 1 heterocycles. The summed E-state index contributed by atoms with van der Waals surface area (Å²) in [5.41, 5.74) is 5.71. The Balaban J connectivity index is 0.00000361. The summed E-state index contributed by atoms with van der Waals surface area (Å²) < 4.78 is 5.27. The highest BCUT2D eigenvalue weighted by Crippen LogP contribution is 2.12. The number of likely N-dealkylation sites (tertiary alicyclic amines) is 1. The minimum atomic E-state index is -0.569. The van der Waals surface area contributed by atoms with Gasteiger partial charge in [0, 0.05) is 20.2 Å². The van der Waals surface area contributed by atoms with Gasteiger partial charge in [0.15, 0.2) is 0 Å². The number of carbonyl (C=O) groups excluding carboxylic acids is 2. The fourth-order valence-corrected chi connectivity index (χ4v) is 2.05. The summed E-state index contributed by atoms with van der Waals surface area (Å²) in [6.45, 7) is 5.09. The molecule has 1 saturated heterocycles. The van der Waals surface area contributed by atoms with Gasteiger partial charge in [0.2, 0.25) is 11.8 Å². The lowest BCUT2D eigenvalue weighted by Gasteiger charge is -2.32. The number of carbonyl (C=O) groups is 2. The maximum Gasteiger partial charge on any atom is 0.242 e. The van der Waals surface area contributed by atoms with E-state index < -0.39 is 6.04 Å². The number of amides is 2. The lowest BCUT2D eigenvalue weighted by atomic mass is 10.1. The van der Waals surface area contributed by atoms with Crippen LogP contribution in [0.15, 0.2) is 0 Å². The van der Waals surface area contributed by atoms with E-state index in [0.29, 0.717) is 6.54 Å². The SMILES string of the molecule is COC1CCCN(C(=O)CNC(=O)[C@@H](N)C(C)C)C1.Cl. The Morgan fingerprint density at radius 2 is 2.10 bits per heavy atom. The van der Waals surface area contributed by atoms with Crippen molar-refractivity contribution in [3.05, 3.63) is 0 Å². The Labute approximate surface area is 126 Å². The number of methoxy groups -OCH3 is 1. The Morgan fingerprint density at radius 1 is 1.45 bits per heavy atom. The average molecular weight is 308 g/mol. The zero-order valence-corrected chi connectivity index (χ0v) is 13.2. The van der Waals surface area contributed by atoms with Gasteiger partial charge in [-0.2, -0.15) is 0 Å². The summed E-state index contributed by atoms with van der Waals surface area (Å²) in [5, 5.41) is 2.60. The summed E-state index contributed by atoms with van der Waals surface area (Å²) in [5.74, 6) is -0.294. The number of nitrogens with two attached hydrogens (primary N) is 1. The van der Waals surface area contributed by atoms with Crippen molar-refractivity contribution in [3.8, 4) is 0 Å². The lowest BCUT2D eigenvalue weighted by molar-refractivity contribution is -0.136. The van der Waals surface area contributed by atoms with Gasteiger partial charge in [-0.05, 0) is 18.8 Å². The van der Waals surface area contributed by atoms with Crippen LogP contribution < -0.4 is 11.1 Å². The normalized spacial score (nSPS) is 20.2. The van der Waals surface area contributed by atoms with Crippen molar-refractivity contribution >= 4 is 24.2 Å². The molecule has 1 aliphatic heterocycles. The summed E-state index contributed by atoms with van der Waals surface area (Å²) in [6.07, 6.45) is 2.01. The molecule has 20 heavy (non-hydrogen) atoms. The molecule has 1 unspecified atom stereocenters. The highest BCUT2D eigenvalue weighted by Gasteiger charge is 2.24. The van der Waals surface area contributed by atoms with E-state index in [9.17, 15) is 9.59 Å². The second-order valence-corrected chi connectivity index (χ2v) is 5.33. The Morgan fingerprint density at radius 3 is 2.65 bits per heavy atom. The third kappa shape index (κ3) is 5.64. The molecular weight excluding hydrogens is 282 g/mol. The third-order valence-corrected chi connectivity index (χ3v) is 3.50. The summed E-state index contributed by atoms with van der Waals surface area (Å²) in [6, 6.07) is -0.569. The van der Waals surface area contributed by atoms with Gasteiger partial charge in [-0.1, -0.05) is 13.8 Å². The number of rotatable bonds is 5. The van der Waals surface area contributed by atoms with Gasteiger partial charge in [0.1, 0.15) is 0 Å². The van der Waals surface area contributed by atoms with E-state index in [0.717, 1.165) is 19.4 Å². The first-order valence-corrected chi connectivity index (χ1v) is 6.79. The molecule has 2 atom stereocenters. The minimum Gasteiger partial charge on any atom is -0.380 e. The van der Waals surface area contributed by atoms with Crippen LogP contribution in [0.3, 0.4) is 0 Å². The monoisotopic (exact) mass is 307 g/mol. The molecule has 0 bridgehead atoms. The van der Waals surface area contributed by atoms with E-state index in [1.54, 1.807) is 12.0 Å². The second-order valence-electron chi connectivity index (χ2n) is 5.33. The number of hydrogen-bond acceptors (Lipinski definition) is 4. The zero-order chi connectivity index (χ0) is 14.4. The average Bonchev–Trinajstić information content (AvgIpc) is 2.43. The maximum atomic E-state index is 12.0. The van der Waals surface area contributed by atoms with Crippen LogP contribution in [0.2, 0.25) is 0 Å². The molecule has 1 fully saturated rings. The highest BCUT2D eigenvalue weighted by atomic mass is 35.5. The number of hydrogen-bond donors (Lipinski definition) is 2. The summed E-state index contributed by atoms with van der Waals surface area (Å²) in [7, 11) is 1.65.